The molecule has 2 aromatic carbocycles. The molecule has 1 amide bonds. The normalized spacial score (nSPS) is 10.9. The molecule has 0 spiro atoms. The maximum atomic E-state index is 12.8. The third kappa shape index (κ3) is 4.32. The summed E-state index contributed by atoms with van der Waals surface area (Å²) in [5.41, 5.74) is 3.02. The minimum atomic E-state index is -0.234. The highest BCUT2D eigenvalue weighted by atomic mass is 16.5. The fourth-order valence-corrected chi connectivity index (χ4v) is 3.37. The molecule has 0 atom stereocenters. The first-order valence-electron chi connectivity index (χ1n) is 9.94. The van der Waals surface area contributed by atoms with Crippen LogP contribution in [0, 0.1) is 6.92 Å². The number of carbonyl (C=O) groups excluding carboxylic acids is 1. The van der Waals surface area contributed by atoms with Gasteiger partial charge in [-0.05, 0) is 24.6 Å². The number of methoxy groups -OCH3 is 1. The van der Waals surface area contributed by atoms with E-state index in [1.807, 2.05) is 37.3 Å². The lowest BCUT2D eigenvalue weighted by atomic mass is 10.1. The summed E-state index contributed by atoms with van der Waals surface area (Å²) in [5.74, 6) is 0.280. The fraction of sp³-hybridized carbons (Fsp3) is 0.217. The van der Waals surface area contributed by atoms with E-state index in [-0.39, 0.29) is 11.5 Å². The predicted octanol–water partition coefficient (Wildman–Crippen LogP) is 2.39. The summed E-state index contributed by atoms with van der Waals surface area (Å²) >= 11 is 0. The van der Waals surface area contributed by atoms with E-state index in [0.29, 0.717) is 42.0 Å². The number of aromatic nitrogens is 4. The van der Waals surface area contributed by atoms with Gasteiger partial charge in [-0.3, -0.25) is 14.2 Å². The molecule has 1 N–H and O–H groups in total. The lowest BCUT2D eigenvalue weighted by Gasteiger charge is -2.09. The fourth-order valence-electron chi connectivity index (χ4n) is 3.37. The van der Waals surface area contributed by atoms with Crippen molar-refractivity contribution in [3.63, 3.8) is 0 Å². The van der Waals surface area contributed by atoms with Crippen LogP contribution < -0.4 is 15.6 Å². The Kier molecular flexibility index (Phi) is 5.79. The molecule has 31 heavy (non-hydrogen) atoms. The van der Waals surface area contributed by atoms with E-state index in [2.05, 4.69) is 15.4 Å². The van der Waals surface area contributed by atoms with Crippen LogP contribution in [0.5, 0.6) is 5.75 Å². The molecule has 0 saturated heterocycles. The van der Waals surface area contributed by atoms with E-state index >= 15 is 0 Å². The highest BCUT2D eigenvalue weighted by Crippen LogP contribution is 2.16. The Bertz CT molecular complexity index is 1270. The van der Waals surface area contributed by atoms with Gasteiger partial charge >= 0.3 is 0 Å². The summed E-state index contributed by atoms with van der Waals surface area (Å²) in [5, 5.41) is 7.58. The van der Waals surface area contributed by atoms with Crippen LogP contribution in [0.4, 0.5) is 0 Å². The standard InChI is InChI=1S/C23H23N5O3/c1-16-7-9-17(10-8-16)14-27-15-25-21-19(23(27)30)13-26-28(21)12-11-24-22(29)18-5-3-4-6-20(18)31-2/h3-10,13,15H,11-12,14H2,1-2H3,(H,24,29). The van der Waals surface area contributed by atoms with Crippen LogP contribution in [-0.2, 0) is 13.1 Å². The molecule has 0 saturated carbocycles. The molecule has 0 unspecified atom stereocenters. The van der Waals surface area contributed by atoms with E-state index in [1.54, 1.807) is 27.4 Å². The minimum Gasteiger partial charge on any atom is -0.496 e. The minimum absolute atomic E-state index is 0.144. The average molecular weight is 417 g/mol. The molecule has 4 rings (SSSR count). The molecule has 8 heteroatoms. The van der Waals surface area contributed by atoms with Crippen LogP contribution in [0.3, 0.4) is 0 Å². The second-order valence-corrected chi connectivity index (χ2v) is 7.22. The summed E-state index contributed by atoms with van der Waals surface area (Å²) in [4.78, 5) is 29.7. The third-order valence-electron chi connectivity index (χ3n) is 5.06. The first-order chi connectivity index (χ1) is 15.1. The Hall–Kier alpha value is -3.94. The SMILES string of the molecule is COc1ccccc1C(=O)NCCn1ncc2c(=O)n(Cc3ccc(C)cc3)cnc21. The maximum Gasteiger partial charge on any atom is 0.264 e. The summed E-state index contributed by atoms with van der Waals surface area (Å²) < 4.78 is 8.42. The number of benzene rings is 2. The van der Waals surface area contributed by atoms with Gasteiger partial charge in [0.1, 0.15) is 17.5 Å². The molecule has 0 aliphatic heterocycles. The molecule has 0 radical (unpaired) electrons. The Balaban J connectivity index is 1.45. The summed E-state index contributed by atoms with van der Waals surface area (Å²) in [6.45, 7) is 3.19. The van der Waals surface area contributed by atoms with Gasteiger partial charge in [0.15, 0.2) is 5.65 Å². The summed E-state index contributed by atoms with van der Waals surface area (Å²) in [7, 11) is 1.53. The van der Waals surface area contributed by atoms with Gasteiger partial charge in [-0.15, -0.1) is 0 Å². The van der Waals surface area contributed by atoms with E-state index in [9.17, 15) is 9.59 Å². The van der Waals surface area contributed by atoms with Gasteiger partial charge in [0.25, 0.3) is 11.5 Å². The zero-order valence-corrected chi connectivity index (χ0v) is 17.4. The third-order valence-corrected chi connectivity index (χ3v) is 5.06. The summed E-state index contributed by atoms with van der Waals surface area (Å²) in [6, 6.07) is 15.1. The quantitative estimate of drug-likeness (QED) is 0.499. The molecule has 4 aromatic rings. The number of carbonyl (C=O) groups is 1. The van der Waals surface area contributed by atoms with Crippen molar-refractivity contribution in [3.8, 4) is 5.75 Å². The average Bonchev–Trinajstić information content (AvgIpc) is 3.20. The molecule has 0 fully saturated rings. The molecular formula is C23H23N5O3. The van der Waals surface area contributed by atoms with E-state index < -0.39 is 0 Å². The number of rotatable bonds is 7. The second-order valence-electron chi connectivity index (χ2n) is 7.22. The molecule has 2 heterocycles. The predicted molar refractivity (Wildman–Crippen MR) is 117 cm³/mol. The Labute approximate surface area is 179 Å². The van der Waals surface area contributed by atoms with Gasteiger partial charge in [0, 0.05) is 6.54 Å². The van der Waals surface area contributed by atoms with Crippen LogP contribution in [0.15, 0.2) is 65.8 Å². The molecule has 2 aromatic heterocycles. The maximum absolute atomic E-state index is 12.8. The van der Waals surface area contributed by atoms with E-state index in [0.717, 1.165) is 5.56 Å². The Morgan fingerprint density at radius 2 is 1.90 bits per heavy atom. The topological polar surface area (TPSA) is 91.0 Å². The molecule has 8 nitrogen and oxygen atoms in total. The first-order valence-corrected chi connectivity index (χ1v) is 9.94. The largest absolute Gasteiger partial charge is 0.496 e. The van der Waals surface area contributed by atoms with E-state index in [1.165, 1.54) is 25.2 Å². The molecule has 0 aliphatic carbocycles. The first kappa shape index (κ1) is 20.3. The van der Waals surface area contributed by atoms with Crippen molar-refractivity contribution in [2.75, 3.05) is 13.7 Å². The number of amides is 1. The van der Waals surface area contributed by atoms with Crippen LogP contribution in [-0.4, -0.2) is 38.9 Å². The van der Waals surface area contributed by atoms with Crippen molar-refractivity contribution in [1.82, 2.24) is 24.6 Å². The number of hydrogen-bond acceptors (Lipinski definition) is 5. The van der Waals surface area contributed by atoms with E-state index in [4.69, 9.17) is 4.74 Å². The summed E-state index contributed by atoms with van der Waals surface area (Å²) in [6.07, 6.45) is 3.06. The Morgan fingerprint density at radius 3 is 2.68 bits per heavy atom. The number of hydrogen-bond donors (Lipinski definition) is 1. The van der Waals surface area contributed by atoms with Gasteiger partial charge in [-0.1, -0.05) is 42.0 Å². The number of ether oxygens (including phenoxy) is 1. The highest BCUT2D eigenvalue weighted by molar-refractivity contribution is 5.96. The van der Waals surface area contributed by atoms with Gasteiger partial charge in [-0.2, -0.15) is 5.10 Å². The van der Waals surface area contributed by atoms with Crippen LogP contribution >= 0.6 is 0 Å². The molecular weight excluding hydrogens is 394 g/mol. The van der Waals surface area contributed by atoms with Gasteiger partial charge < -0.3 is 10.1 Å². The monoisotopic (exact) mass is 417 g/mol. The van der Waals surface area contributed by atoms with Crippen molar-refractivity contribution < 1.29 is 9.53 Å². The lowest BCUT2D eigenvalue weighted by Crippen LogP contribution is -2.28. The van der Waals surface area contributed by atoms with Crippen molar-refractivity contribution in [3.05, 3.63) is 88.1 Å². The zero-order valence-electron chi connectivity index (χ0n) is 17.4. The van der Waals surface area contributed by atoms with Crippen LogP contribution in [0.2, 0.25) is 0 Å². The van der Waals surface area contributed by atoms with Crippen molar-refractivity contribution in [2.45, 2.75) is 20.0 Å². The number of nitrogens with one attached hydrogen (secondary N) is 1. The zero-order chi connectivity index (χ0) is 21.8. The molecule has 158 valence electrons. The van der Waals surface area contributed by atoms with Crippen molar-refractivity contribution in [2.24, 2.45) is 0 Å². The number of fused-ring (bicyclic) bond motifs is 1. The number of nitrogens with zero attached hydrogens (tertiary/aromatic N) is 4. The van der Waals surface area contributed by atoms with Crippen molar-refractivity contribution >= 4 is 16.9 Å². The molecule has 0 bridgehead atoms. The number of aryl methyl sites for hydroxylation is 1. The Morgan fingerprint density at radius 1 is 1.13 bits per heavy atom. The lowest BCUT2D eigenvalue weighted by molar-refractivity contribution is 0.0949. The van der Waals surface area contributed by atoms with Crippen LogP contribution in [0.25, 0.3) is 11.0 Å². The second kappa shape index (κ2) is 8.83. The van der Waals surface area contributed by atoms with Gasteiger partial charge in [0.05, 0.1) is 32.0 Å². The highest BCUT2D eigenvalue weighted by Gasteiger charge is 2.13. The molecule has 0 aliphatic rings. The van der Waals surface area contributed by atoms with Gasteiger partial charge in [-0.25, -0.2) is 9.67 Å². The number of para-hydroxylation sites is 1. The van der Waals surface area contributed by atoms with Crippen molar-refractivity contribution in [1.29, 1.82) is 0 Å². The van der Waals surface area contributed by atoms with Gasteiger partial charge in [0.2, 0.25) is 0 Å². The smallest absolute Gasteiger partial charge is 0.264 e. The van der Waals surface area contributed by atoms with Crippen LogP contribution in [0.1, 0.15) is 21.5 Å².